The molecule has 0 bridgehead atoms. The predicted octanol–water partition coefficient (Wildman–Crippen LogP) is 2.78. The highest BCUT2D eigenvalue weighted by Crippen LogP contribution is 2.13. The molecule has 0 atom stereocenters. The summed E-state index contributed by atoms with van der Waals surface area (Å²) in [6.07, 6.45) is 2.91. The first-order valence-corrected chi connectivity index (χ1v) is 6.06. The van der Waals surface area contributed by atoms with Crippen LogP contribution in [0, 0.1) is 0 Å². The number of carbonyl (C=O) groups is 1. The van der Waals surface area contributed by atoms with Gasteiger partial charge in [-0.2, -0.15) is 0 Å². The Morgan fingerprint density at radius 3 is 2.89 bits per heavy atom. The Hall–Kier alpha value is -1.88. The van der Waals surface area contributed by atoms with Crippen LogP contribution >= 0.6 is 15.9 Å². The normalized spacial score (nSPS) is 10.1. The number of esters is 1. The number of nitrogen functional groups attached to an aromatic ring is 1. The second-order valence-corrected chi connectivity index (χ2v) is 4.63. The molecule has 2 N–H and O–H groups in total. The molecule has 0 spiro atoms. The van der Waals surface area contributed by atoms with Crippen molar-refractivity contribution >= 4 is 27.6 Å². The number of benzene rings is 1. The van der Waals surface area contributed by atoms with Crippen LogP contribution in [0.5, 0.6) is 0 Å². The summed E-state index contributed by atoms with van der Waals surface area (Å²) in [6, 6.07) is 9.11. The van der Waals surface area contributed by atoms with Crippen molar-refractivity contribution in [1.29, 1.82) is 0 Å². The highest BCUT2D eigenvalue weighted by molar-refractivity contribution is 9.10. The maximum Gasteiger partial charge on any atom is 0.340 e. The van der Waals surface area contributed by atoms with Crippen molar-refractivity contribution in [3.63, 3.8) is 0 Å². The Balaban J connectivity index is 2.00. The summed E-state index contributed by atoms with van der Waals surface area (Å²) in [6.45, 7) is 0.215. The molecule has 5 heteroatoms. The molecule has 0 saturated heterocycles. The molecule has 4 nitrogen and oxygen atoms in total. The number of anilines is 1. The van der Waals surface area contributed by atoms with E-state index in [1.807, 2.05) is 24.3 Å². The number of carbonyl (C=O) groups excluding carboxylic acids is 1. The number of nitrogens with two attached hydrogens (primary N) is 1. The van der Waals surface area contributed by atoms with Gasteiger partial charge in [0.05, 0.1) is 11.3 Å². The number of rotatable bonds is 3. The zero-order valence-electron chi connectivity index (χ0n) is 9.47. The van der Waals surface area contributed by atoms with E-state index in [2.05, 4.69) is 20.9 Å². The highest BCUT2D eigenvalue weighted by Gasteiger charge is 2.08. The molecule has 1 aromatic heterocycles. The lowest BCUT2D eigenvalue weighted by Gasteiger charge is -2.05. The quantitative estimate of drug-likeness (QED) is 0.886. The average molecular weight is 307 g/mol. The molecule has 0 amide bonds. The molecule has 1 heterocycles. The molecular formula is C13H11BrN2O2. The summed E-state index contributed by atoms with van der Waals surface area (Å²) in [5, 5.41) is 0. The lowest BCUT2D eigenvalue weighted by molar-refractivity contribution is 0.0472. The molecule has 2 aromatic rings. The third-order valence-electron chi connectivity index (χ3n) is 2.25. The molecule has 0 aliphatic carbocycles. The number of nitrogens with zero attached hydrogens (tertiary/aromatic N) is 1. The van der Waals surface area contributed by atoms with E-state index in [9.17, 15) is 4.79 Å². The van der Waals surface area contributed by atoms with E-state index in [-0.39, 0.29) is 6.61 Å². The first kappa shape index (κ1) is 12.6. The van der Waals surface area contributed by atoms with Gasteiger partial charge in [0.2, 0.25) is 0 Å². The Morgan fingerprint density at radius 1 is 1.33 bits per heavy atom. The minimum Gasteiger partial charge on any atom is -0.457 e. The van der Waals surface area contributed by atoms with Crippen LogP contribution in [0.2, 0.25) is 0 Å². The Morgan fingerprint density at radius 2 is 2.17 bits per heavy atom. The van der Waals surface area contributed by atoms with Crippen molar-refractivity contribution in [2.45, 2.75) is 6.61 Å². The van der Waals surface area contributed by atoms with E-state index in [4.69, 9.17) is 10.5 Å². The summed E-state index contributed by atoms with van der Waals surface area (Å²) >= 11 is 3.36. The van der Waals surface area contributed by atoms with Crippen LogP contribution in [-0.4, -0.2) is 11.0 Å². The Bertz CT molecular complexity index is 572. The van der Waals surface area contributed by atoms with Gasteiger partial charge < -0.3 is 10.5 Å². The third kappa shape index (κ3) is 3.30. The minimum absolute atomic E-state index is 0.215. The maximum absolute atomic E-state index is 11.7. The second-order valence-electron chi connectivity index (χ2n) is 3.71. The summed E-state index contributed by atoms with van der Waals surface area (Å²) in [4.78, 5) is 15.6. The number of hydrogen-bond acceptors (Lipinski definition) is 4. The maximum atomic E-state index is 11.7. The van der Waals surface area contributed by atoms with Crippen LogP contribution in [0.25, 0.3) is 0 Å². The van der Waals surface area contributed by atoms with Crippen molar-refractivity contribution in [2.24, 2.45) is 0 Å². The average Bonchev–Trinajstić information content (AvgIpc) is 2.36. The number of halogens is 1. The monoisotopic (exact) mass is 306 g/mol. The number of ether oxygens (including phenoxy) is 1. The van der Waals surface area contributed by atoms with Gasteiger partial charge in [0.15, 0.2) is 0 Å². The summed E-state index contributed by atoms with van der Waals surface area (Å²) < 4.78 is 6.11. The van der Waals surface area contributed by atoms with Crippen LogP contribution in [-0.2, 0) is 11.3 Å². The van der Waals surface area contributed by atoms with Gasteiger partial charge in [-0.1, -0.05) is 28.1 Å². The van der Waals surface area contributed by atoms with Crippen molar-refractivity contribution in [3.8, 4) is 0 Å². The molecule has 0 aliphatic heterocycles. The van der Waals surface area contributed by atoms with E-state index in [1.54, 1.807) is 0 Å². The molecular weight excluding hydrogens is 296 g/mol. The second kappa shape index (κ2) is 5.64. The van der Waals surface area contributed by atoms with Crippen LogP contribution in [0.15, 0.2) is 47.2 Å². The summed E-state index contributed by atoms with van der Waals surface area (Å²) in [5.41, 5.74) is 7.25. The van der Waals surface area contributed by atoms with Gasteiger partial charge in [-0.15, -0.1) is 0 Å². The van der Waals surface area contributed by atoms with Gasteiger partial charge in [-0.25, -0.2) is 4.79 Å². The van der Waals surface area contributed by atoms with Crippen molar-refractivity contribution in [1.82, 2.24) is 4.98 Å². The molecule has 92 valence electrons. The van der Waals surface area contributed by atoms with E-state index >= 15 is 0 Å². The Labute approximate surface area is 113 Å². The molecule has 0 unspecified atom stereocenters. The van der Waals surface area contributed by atoms with E-state index in [1.165, 1.54) is 18.5 Å². The van der Waals surface area contributed by atoms with Gasteiger partial charge >= 0.3 is 5.97 Å². The molecule has 2 rings (SSSR count). The lowest BCUT2D eigenvalue weighted by atomic mass is 10.2. The molecule has 0 saturated carbocycles. The van der Waals surface area contributed by atoms with E-state index < -0.39 is 5.97 Å². The number of pyridine rings is 1. The largest absolute Gasteiger partial charge is 0.457 e. The smallest absolute Gasteiger partial charge is 0.340 e. The number of hydrogen-bond donors (Lipinski definition) is 1. The van der Waals surface area contributed by atoms with Gasteiger partial charge in [0, 0.05) is 16.9 Å². The van der Waals surface area contributed by atoms with E-state index in [0.29, 0.717) is 11.3 Å². The molecule has 1 aromatic carbocycles. The summed E-state index contributed by atoms with van der Waals surface area (Å²) in [5.74, 6) is -0.435. The SMILES string of the molecule is Nc1cncc(C(=O)OCc2cccc(Br)c2)c1. The zero-order chi connectivity index (χ0) is 13.0. The van der Waals surface area contributed by atoms with Gasteiger partial charge in [0.1, 0.15) is 6.61 Å². The van der Waals surface area contributed by atoms with Crippen LogP contribution in [0.1, 0.15) is 15.9 Å². The van der Waals surface area contributed by atoms with Crippen molar-refractivity contribution in [3.05, 3.63) is 58.3 Å². The molecule has 0 aliphatic rings. The number of aromatic nitrogens is 1. The fourth-order valence-electron chi connectivity index (χ4n) is 1.43. The van der Waals surface area contributed by atoms with E-state index in [0.717, 1.165) is 10.0 Å². The predicted molar refractivity (Wildman–Crippen MR) is 71.9 cm³/mol. The third-order valence-corrected chi connectivity index (χ3v) is 2.75. The fraction of sp³-hybridized carbons (Fsp3) is 0.0769. The highest BCUT2D eigenvalue weighted by atomic mass is 79.9. The van der Waals surface area contributed by atoms with Crippen LogP contribution < -0.4 is 5.73 Å². The van der Waals surface area contributed by atoms with Crippen LogP contribution in [0.3, 0.4) is 0 Å². The fourth-order valence-corrected chi connectivity index (χ4v) is 1.87. The van der Waals surface area contributed by atoms with Gasteiger partial charge in [-0.05, 0) is 23.8 Å². The summed E-state index contributed by atoms with van der Waals surface area (Å²) in [7, 11) is 0. The molecule has 0 radical (unpaired) electrons. The lowest BCUT2D eigenvalue weighted by Crippen LogP contribution is -2.06. The zero-order valence-corrected chi connectivity index (χ0v) is 11.1. The first-order chi connectivity index (χ1) is 8.65. The topological polar surface area (TPSA) is 65.2 Å². The first-order valence-electron chi connectivity index (χ1n) is 5.27. The molecule has 0 fully saturated rings. The van der Waals surface area contributed by atoms with Crippen LogP contribution in [0.4, 0.5) is 5.69 Å². The van der Waals surface area contributed by atoms with Gasteiger partial charge in [0.25, 0.3) is 0 Å². The Kier molecular flexibility index (Phi) is 3.94. The van der Waals surface area contributed by atoms with Gasteiger partial charge in [-0.3, -0.25) is 4.98 Å². The van der Waals surface area contributed by atoms with Crippen molar-refractivity contribution < 1.29 is 9.53 Å². The van der Waals surface area contributed by atoms with Crippen molar-refractivity contribution in [2.75, 3.05) is 5.73 Å². The molecule has 18 heavy (non-hydrogen) atoms. The standard InChI is InChI=1S/C13H11BrN2O2/c14-11-3-1-2-9(4-11)8-18-13(17)10-5-12(15)7-16-6-10/h1-7H,8,15H2. The minimum atomic E-state index is -0.435.